The van der Waals surface area contributed by atoms with Crippen LogP contribution in [0.3, 0.4) is 0 Å². The Hall–Kier alpha value is -0.830. The van der Waals surface area contributed by atoms with Crippen LogP contribution in [0, 0.1) is 29.6 Å². The molecule has 1 unspecified atom stereocenters. The van der Waals surface area contributed by atoms with Crippen molar-refractivity contribution in [3.8, 4) is 0 Å². The molecule has 5 atom stereocenters. The molecule has 2 nitrogen and oxygen atoms in total. The van der Waals surface area contributed by atoms with E-state index in [-0.39, 0.29) is 5.91 Å². The average Bonchev–Trinajstić information content (AvgIpc) is 2.79. The average molecular weight is 306 g/mol. The summed E-state index contributed by atoms with van der Waals surface area (Å²) in [6.45, 7) is 0. The van der Waals surface area contributed by atoms with Gasteiger partial charge in [0.25, 0.3) is 0 Å². The van der Waals surface area contributed by atoms with E-state index < -0.39 is 0 Å². The topological polar surface area (TPSA) is 29.1 Å². The van der Waals surface area contributed by atoms with E-state index in [0.29, 0.717) is 5.92 Å². The van der Waals surface area contributed by atoms with E-state index in [1.54, 1.807) is 0 Å². The fourth-order valence-corrected chi connectivity index (χ4v) is 4.87. The first-order chi connectivity index (χ1) is 8.74. The molecular formula is C15H16BrNO. The Morgan fingerprint density at radius 1 is 1.22 bits per heavy atom. The highest BCUT2D eigenvalue weighted by Gasteiger charge is 2.67. The van der Waals surface area contributed by atoms with Crippen molar-refractivity contribution >= 4 is 27.5 Å². The SMILES string of the molecule is O=C(Nc1cccc(Br)c1)C1[C@@H]2[C@H]3CC[C@@H](C3)[C@H]12. The number of nitrogens with one attached hydrogen (secondary N) is 1. The van der Waals surface area contributed by atoms with Crippen LogP contribution in [-0.4, -0.2) is 5.91 Å². The number of benzene rings is 1. The zero-order valence-corrected chi connectivity index (χ0v) is 11.7. The number of carbonyl (C=O) groups is 1. The van der Waals surface area contributed by atoms with Crippen molar-refractivity contribution in [3.63, 3.8) is 0 Å². The molecule has 1 amide bonds. The smallest absolute Gasteiger partial charge is 0.228 e. The zero-order chi connectivity index (χ0) is 12.3. The molecule has 1 N–H and O–H groups in total. The van der Waals surface area contributed by atoms with Gasteiger partial charge in [0, 0.05) is 16.1 Å². The standard InChI is InChI=1S/C15H16BrNO/c16-10-2-1-3-11(7-10)17-15(18)14-12-8-4-5-9(6-8)13(12)14/h1-3,7-9,12-14H,4-6H2,(H,17,18)/t8-,9-,12-,13+,14?/m0/s1. The summed E-state index contributed by atoms with van der Waals surface area (Å²) in [5.74, 6) is 3.72. The minimum atomic E-state index is 0.250. The molecule has 3 saturated carbocycles. The highest BCUT2D eigenvalue weighted by atomic mass is 79.9. The van der Waals surface area contributed by atoms with Crippen LogP contribution in [0.25, 0.3) is 0 Å². The number of anilines is 1. The van der Waals surface area contributed by atoms with Crippen LogP contribution in [0.2, 0.25) is 0 Å². The van der Waals surface area contributed by atoms with Gasteiger partial charge in [-0.25, -0.2) is 0 Å². The largest absolute Gasteiger partial charge is 0.326 e. The highest BCUT2D eigenvalue weighted by Crippen LogP contribution is 2.69. The van der Waals surface area contributed by atoms with Crippen molar-refractivity contribution in [3.05, 3.63) is 28.7 Å². The Bertz CT molecular complexity index is 499. The molecule has 94 valence electrons. The summed E-state index contributed by atoms with van der Waals surface area (Å²) in [5, 5.41) is 3.07. The molecule has 0 aliphatic heterocycles. The predicted molar refractivity (Wildman–Crippen MR) is 74.1 cm³/mol. The Morgan fingerprint density at radius 3 is 2.61 bits per heavy atom. The molecule has 0 heterocycles. The van der Waals surface area contributed by atoms with Crippen LogP contribution in [-0.2, 0) is 4.79 Å². The van der Waals surface area contributed by atoms with E-state index in [2.05, 4.69) is 21.2 Å². The molecule has 3 aliphatic carbocycles. The first-order valence-electron chi connectivity index (χ1n) is 6.80. The molecular weight excluding hydrogens is 290 g/mol. The Balaban J connectivity index is 1.47. The van der Waals surface area contributed by atoms with E-state index >= 15 is 0 Å². The second kappa shape index (κ2) is 3.83. The van der Waals surface area contributed by atoms with Crippen molar-refractivity contribution in [1.29, 1.82) is 0 Å². The van der Waals surface area contributed by atoms with Gasteiger partial charge in [-0.15, -0.1) is 0 Å². The van der Waals surface area contributed by atoms with Gasteiger partial charge in [-0.05, 0) is 61.1 Å². The molecule has 2 bridgehead atoms. The lowest BCUT2D eigenvalue weighted by Gasteiger charge is -2.09. The second-order valence-corrected chi connectivity index (χ2v) is 6.93. The Kier molecular flexibility index (Phi) is 2.35. The number of rotatable bonds is 2. The van der Waals surface area contributed by atoms with E-state index in [4.69, 9.17) is 0 Å². The van der Waals surface area contributed by atoms with Crippen molar-refractivity contribution in [2.75, 3.05) is 5.32 Å². The summed E-state index contributed by atoms with van der Waals surface area (Å²) in [4.78, 5) is 12.3. The second-order valence-electron chi connectivity index (χ2n) is 6.01. The molecule has 0 radical (unpaired) electrons. The third kappa shape index (κ3) is 1.56. The maximum atomic E-state index is 12.3. The van der Waals surface area contributed by atoms with Gasteiger partial charge in [0.15, 0.2) is 0 Å². The van der Waals surface area contributed by atoms with Crippen molar-refractivity contribution in [2.45, 2.75) is 19.3 Å². The van der Waals surface area contributed by atoms with Gasteiger partial charge >= 0.3 is 0 Å². The van der Waals surface area contributed by atoms with Crippen LogP contribution in [0.15, 0.2) is 28.7 Å². The number of carbonyl (C=O) groups excluding carboxylic acids is 1. The van der Waals surface area contributed by atoms with Gasteiger partial charge in [0.1, 0.15) is 0 Å². The van der Waals surface area contributed by atoms with E-state index in [1.807, 2.05) is 24.3 Å². The number of amides is 1. The minimum absolute atomic E-state index is 0.250. The molecule has 0 saturated heterocycles. The van der Waals surface area contributed by atoms with Crippen molar-refractivity contribution in [2.24, 2.45) is 29.6 Å². The molecule has 0 aromatic heterocycles. The van der Waals surface area contributed by atoms with Crippen LogP contribution in [0.5, 0.6) is 0 Å². The number of hydrogen-bond donors (Lipinski definition) is 1. The summed E-state index contributed by atoms with van der Waals surface area (Å²) in [7, 11) is 0. The van der Waals surface area contributed by atoms with Crippen molar-refractivity contribution in [1.82, 2.24) is 0 Å². The lowest BCUT2D eigenvalue weighted by Crippen LogP contribution is -2.18. The first-order valence-corrected chi connectivity index (χ1v) is 7.60. The van der Waals surface area contributed by atoms with Gasteiger partial charge in [0.05, 0.1) is 0 Å². The van der Waals surface area contributed by atoms with E-state index in [1.165, 1.54) is 19.3 Å². The van der Waals surface area contributed by atoms with Crippen LogP contribution >= 0.6 is 15.9 Å². The Labute approximate surface area is 115 Å². The van der Waals surface area contributed by atoms with Crippen LogP contribution in [0.4, 0.5) is 5.69 Å². The lowest BCUT2D eigenvalue weighted by atomic mass is 10.0. The third-order valence-electron chi connectivity index (χ3n) is 5.13. The fourth-order valence-electron chi connectivity index (χ4n) is 4.47. The summed E-state index contributed by atoms with van der Waals surface area (Å²) in [6, 6.07) is 7.85. The molecule has 3 fully saturated rings. The zero-order valence-electron chi connectivity index (χ0n) is 10.1. The van der Waals surface area contributed by atoms with E-state index in [0.717, 1.165) is 33.8 Å². The van der Waals surface area contributed by atoms with Crippen LogP contribution < -0.4 is 5.32 Å². The molecule has 0 spiro atoms. The Morgan fingerprint density at radius 2 is 1.94 bits per heavy atom. The van der Waals surface area contributed by atoms with E-state index in [9.17, 15) is 4.79 Å². The summed E-state index contributed by atoms with van der Waals surface area (Å²) in [6.07, 6.45) is 4.13. The molecule has 3 heteroatoms. The van der Waals surface area contributed by atoms with Gasteiger partial charge in [-0.3, -0.25) is 4.79 Å². The first kappa shape index (κ1) is 11.0. The number of hydrogen-bond acceptors (Lipinski definition) is 1. The normalized spacial score (nSPS) is 39.5. The number of fused-ring (bicyclic) bond motifs is 5. The lowest BCUT2D eigenvalue weighted by molar-refractivity contribution is -0.118. The minimum Gasteiger partial charge on any atom is -0.326 e. The molecule has 1 aromatic carbocycles. The van der Waals surface area contributed by atoms with Gasteiger partial charge in [-0.1, -0.05) is 22.0 Å². The monoisotopic (exact) mass is 305 g/mol. The highest BCUT2D eigenvalue weighted by molar-refractivity contribution is 9.10. The maximum Gasteiger partial charge on any atom is 0.228 e. The van der Waals surface area contributed by atoms with Crippen molar-refractivity contribution < 1.29 is 4.79 Å². The van der Waals surface area contributed by atoms with Crippen LogP contribution in [0.1, 0.15) is 19.3 Å². The predicted octanol–water partition coefficient (Wildman–Crippen LogP) is 3.68. The molecule has 4 rings (SSSR count). The van der Waals surface area contributed by atoms with Gasteiger partial charge < -0.3 is 5.32 Å². The molecule has 1 aromatic rings. The quantitative estimate of drug-likeness (QED) is 0.887. The maximum absolute atomic E-state index is 12.3. The molecule has 3 aliphatic rings. The van der Waals surface area contributed by atoms with Gasteiger partial charge in [0.2, 0.25) is 5.91 Å². The van der Waals surface area contributed by atoms with Gasteiger partial charge in [-0.2, -0.15) is 0 Å². The molecule has 18 heavy (non-hydrogen) atoms. The summed E-state index contributed by atoms with van der Waals surface area (Å²) >= 11 is 3.43. The fraction of sp³-hybridized carbons (Fsp3) is 0.533. The summed E-state index contributed by atoms with van der Waals surface area (Å²) < 4.78 is 1.01. The number of halogens is 1. The summed E-state index contributed by atoms with van der Waals surface area (Å²) in [5.41, 5.74) is 0.909. The third-order valence-corrected chi connectivity index (χ3v) is 5.62.